The Labute approximate surface area is 126 Å². The molecule has 0 fully saturated rings. The Bertz CT molecular complexity index is 637. The van der Waals surface area contributed by atoms with Gasteiger partial charge in [0.15, 0.2) is 0 Å². The number of aryl methyl sites for hydroxylation is 1. The van der Waals surface area contributed by atoms with Crippen LogP contribution in [0.3, 0.4) is 0 Å². The van der Waals surface area contributed by atoms with E-state index in [-0.39, 0.29) is 0 Å². The number of rotatable bonds is 2. The average Bonchev–Trinajstić information content (AvgIpc) is 2.72. The van der Waals surface area contributed by atoms with E-state index in [9.17, 15) is 0 Å². The first-order chi connectivity index (χ1) is 9.70. The molecule has 1 aromatic carbocycles. The highest BCUT2D eigenvalue weighted by atomic mass is 79.9. The average molecular weight is 337 g/mol. The Kier molecular flexibility index (Phi) is 3.70. The van der Waals surface area contributed by atoms with Gasteiger partial charge in [0, 0.05) is 6.07 Å². The molecule has 5 heteroatoms. The fourth-order valence-corrected chi connectivity index (χ4v) is 3.54. The molecule has 0 spiro atoms. The summed E-state index contributed by atoms with van der Waals surface area (Å²) in [5.74, 6) is 1.13. The summed E-state index contributed by atoms with van der Waals surface area (Å²) in [6, 6.07) is 3.93. The molecule has 0 saturated carbocycles. The van der Waals surface area contributed by atoms with Gasteiger partial charge in [0.2, 0.25) is 5.88 Å². The molecule has 1 heterocycles. The first kappa shape index (κ1) is 13.5. The van der Waals surface area contributed by atoms with Crippen molar-refractivity contribution in [2.75, 3.05) is 12.8 Å². The molecule has 4 nitrogen and oxygen atoms in total. The highest BCUT2D eigenvalue weighted by Gasteiger charge is 2.22. The van der Waals surface area contributed by atoms with Crippen LogP contribution in [0.5, 0.6) is 5.75 Å². The second kappa shape index (κ2) is 5.48. The predicted octanol–water partition coefficient (Wildman–Crippen LogP) is 3.96. The number of hydrogen-bond acceptors (Lipinski definition) is 4. The molecular weight excluding hydrogens is 320 g/mol. The lowest BCUT2D eigenvalue weighted by Crippen LogP contribution is -2.00. The van der Waals surface area contributed by atoms with Crippen molar-refractivity contribution in [3.63, 3.8) is 0 Å². The maximum atomic E-state index is 5.67. The Morgan fingerprint density at radius 3 is 2.75 bits per heavy atom. The van der Waals surface area contributed by atoms with Crippen LogP contribution in [0.4, 0.5) is 5.88 Å². The fraction of sp³-hybridized carbons (Fsp3) is 0.400. The Balaban J connectivity index is 2.26. The summed E-state index contributed by atoms with van der Waals surface area (Å²) in [6.45, 7) is 0. The van der Waals surface area contributed by atoms with Crippen LogP contribution in [0, 0.1) is 0 Å². The lowest BCUT2D eigenvalue weighted by atomic mass is 9.94. The monoisotopic (exact) mass is 336 g/mol. The van der Waals surface area contributed by atoms with E-state index in [1.807, 2.05) is 0 Å². The van der Waals surface area contributed by atoms with Gasteiger partial charge in [-0.2, -0.15) is 0 Å². The Hall–Kier alpha value is -1.49. The highest BCUT2D eigenvalue weighted by Crippen LogP contribution is 2.42. The zero-order valence-corrected chi connectivity index (χ0v) is 13.0. The maximum absolute atomic E-state index is 5.67. The van der Waals surface area contributed by atoms with Crippen molar-refractivity contribution in [3.05, 3.63) is 27.7 Å². The second-order valence-corrected chi connectivity index (χ2v) is 5.93. The van der Waals surface area contributed by atoms with Gasteiger partial charge in [-0.1, -0.05) is 11.6 Å². The van der Waals surface area contributed by atoms with Crippen molar-refractivity contribution >= 4 is 21.8 Å². The van der Waals surface area contributed by atoms with Crippen molar-refractivity contribution in [2.45, 2.75) is 32.1 Å². The summed E-state index contributed by atoms with van der Waals surface area (Å²) in [5.41, 5.74) is 10.1. The second-order valence-electron chi connectivity index (χ2n) is 5.08. The van der Waals surface area contributed by atoms with Gasteiger partial charge in [-0.3, -0.25) is 0 Å². The molecule has 0 amide bonds. The van der Waals surface area contributed by atoms with Crippen LogP contribution in [-0.4, -0.2) is 12.3 Å². The van der Waals surface area contributed by atoms with Crippen LogP contribution in [0.15, 0.2) is 21.1 Å². The molecule has 0 radical (unpaired) electrons. The largest absolute Gasteiger partial charge is 0.495 e. The fourth-order valence-electron chi connectivity index (χ4n) is 2.90. The molecule has 1 aliphatic rings. The lowest BCUT2D eigenvalue weighted by Gasteiger charge is -2.16. The Morgan fingerprint density at radius 2 is 2.05 bits per heavy atom. The van der Waals surface area contributed by atoms with E-state index in [1.165, 1.54) is 30.4 Å². The van der Waals surface area contributed by atoms with E-state index >= 15 is 0 Å². The summed E-state index contributed by atoms with van der Waals surface area (Å²) >= 11 is 3.60. The molecule has 2 N–H and O–H groups in total. The maximum Gasteiger partial charge on any atom is 0.222 e. The third kappa shape index (κ3) is 2.30. The highest BCUT2D eigenvalue weighted by molar-refractivity contribution is 9.10. The number of aromatic nitrogens is 1. The van der Waals surface area contributed by atoms with Gasteiger partial charge in [0.25, 0.3) is 0 Å². The number of nitrogen functional groups attached to an aromatic ring is 1. The minimum atomic E-state index is 0.324. The number of hydrogen-bond donors (Lipinski definition) is 1. The van der Waals surface area contributed by atoms with Crippen LogP contribution < -0.4 is 10.5 Å². The standard InChI is InChI=1S/C15H17BrN2O2/c1-19-15-11(16)7-9-5-3-2-4-6-10(9)14(15)12-8-13(17)20-18-12/h7-8H,2-6,17H2,1H3. The van der Waals surface area contributed by atoms with Gasteiger partial charge < -0.3 is 15.0 Å². The minimum Gasteiger partial charge on any atom is -0.495 e. The SMILES string of the molecule is COc1c(Br)cc2c(c1-c1cc(N)on1)CCCCC2. The van der Waals surface area contributed by atoms with Crippen molar-refractivity contribution in [1.82, 2.24) is 5.16 Å². The van der Waals surface area contributed by atoms with E-state index < -0.39 is 0 Å². The topological polar surface area (TPSA) is 61.3 Å². The van der Waals surface area contributed by atoms with Crippen LogP contribution in [0.25, 0.3) is 11.3 Å². The summed E-state index contributed by atoms with van der Waals surface area (Å²) in [6.07, 6.45) is 5.82. The molecule has 0 aliphatic heterocycles. The van der Waals surface area contributed by atoms with Crippen LogP contribution in [0.2, 0.25) is 0 Å². The molecule has 2 aromatic rings. The first-order valence-corrected chi connectivity index (χ1v) is 7.61. The molecule has 0 atom stereocenters. The Morgan fingerprint density at radius 1 is 1.25 bits per heavy atom. The summed E-state index contributed by atoms with van der Waals surface area (Å²) in [5, 5.41) is 4.07. The molecule has 1 aromatic heterocycles. The molecule has 3 rings (SSSR count). The number of benzene rings is 1. The first-order valence-electron chi connectivity index (χ1n) is 6.81. The van der Waals surface area contributed by atoms with E-state index in [2.05, 4.69) is 27.2 Å². The van der Waals surface area contributed by atoms with Crippen LogP contribution >= 0.6 is 15.9 Å². The van der Waals surface area contributed by atoms with E-state index in [0.29, 0.717) is 5.88 Å². The van der Waals surface area contributed by atoms with Gasteiger partial charge in [0.1, 0.15) is 11.4 Å². The zero-order valence-electron chi connectivity index (χ0n) is 11.4. The number of methoxy groups -OCH3 is 1. The lowest BCUT2D eigenvalue weighted by molar-refractivity contribution is 0.411. The van der Waals surface area contributed by atoms with Crippen molar-refractivity contribution < 1.29 is 9.26 Å². The quantitative estimate of drug-likeness (QED) is 0.843. The van der Waals surface area contributed by atoms with Crippen molar-refractivity contribution in [2.24, 2.45) is 0 Å². The molecule has 20 heavy (non-hydrogen) atoms. The summed E-state index contributed by atoms with van der Waals surface area (Å²) in [4.78, 5) is 0. The van der Waals surface area contributed by atoms with E-state index in [1.54, 1.807) is 13.2 Å². The third-order valence-electron chi connectivity index (χ3n) is 3.80. The van der Waals surface area contributed by atoms with Gasteiger partial charge in [-0.25, -0.2) is 0 Å². The summed E-state index contributed by atoms with van der Waals surface area (Å²) in [7, 11) is 1.68. The van der Waals surface area contributed by atoms with E-state index in [4.69, 9.17) is 15.0 Å². The van der Waals surface area contributed by atoms with Gasteiger partial charge in [-0.05, 0) is 58.8 Å². The third-order valence-corrected chi connectivity index (χ3v) is 4.38. The molecule has 1 aliphatic carbocycles. The minimum absolute atomic E-state index is 0.324. The van der Waals surface area contributed by atoms with Crippen LogP contribution in [-0.2, 0) is 12.8 Å². The molecule has 0 unspecified atom stereocenters. The smallest absolute Gasteiger partial charge is 0.222 e. The molecule has 0 bridgehead atoms. The van der Waals surface area contributed by atoms with Gasteiger partial charge >= 0.3 is 0 Å². The van der Waals surface area contributed by atoms with Crippen LogP contribution in [0.1, 0.15) is 30.4 Å². The summed E-state index contributed by atoms with van der Waals surface area (Å²) < 4.78 is 11.6. The number of fused-ring (bicyclic) bond motifs is 1. The predicted molar refractivity (Wildman–Crippen MR) is 81.9 cm³/mol. The molecular formula is C15H17BrN2O2. The number of anilines is 1. The zero-order chi connectivity index (χ0) is 14.1. The van der Waals surface area contributed by atoms with Crippen molar-refractivity contribution in [1.29, 1.82) is 0 Å². The normalized spacial score (nSPS) is 14.7. The number of nitrogens with two attached hydrogens (primary N) is 1. The molecule has 0 saturated heterocycles. The van der Waals surface area contributed by atoms with Gasteiger partial charge in [-0.15, -0.1) is 0 Å². The van der Waals surface area contributed by atoms with Gasteiger partial charge in [0.05, 0.1) is 17.1 Å². The van der Waals surface area contributed by atoms with E-state index in [0.717, 1.165) is 34.3 Å². The molecule has 106 valence electrons. The van der Waals surface area contributed by atoms with Crippen molar-refractivity contribution in [3.8, 4) is 17.0 Å². The number of halogens is 1. The number of ether oxygens (including phenoxy) is 1. The number of nitrogens with zero attached hydrogens (tertiary/aromatic N) is 1.